The van der Waals surface area contributed by atoms with E-state index in [2.05, 4.69) is 17.1 Å². The van der Waals surface area contributed by atoms with Crippen LogP contribution in [-0.2, 0) is 4.84 Å². The lowest BCUT2D eigenvalue weighted by Gasteiger charge is -2.02. The second kappa shape index (κ2) is 4.06. The third kappa shape index (κ3) is 2.19. The predicted octanol–water partition coefficient (Wildman–Crippen LogP) is 0.886. The smallest absolute Gasteiger partial charge is 0.120 e. The van der Waals surface area contributed by atoms with Crippen molar-refractivity contribution in [2.24, 2.45) is 4.99 Å². The van der Waals surface area contributed by atoms with Gasteiger partial charge in [-0.1, -0.05) is 6.08 Å². The van der Waals surface area contributed by atoms with Gasteiger partial charge in [0.05, 0.1) is 6.61 Å². The van der Waals surface area contributed by atoms with Gasteiger partial charge in [0, 0.05) is 13.0 Å². The third-order valence-corrected chi connectivity index (χ3v) is 1.27. The molecule has 3 nitrogen and oxygen atoms in total. The number of amidine groups is 1. The summed E-state index contributed by atoms with van der Waals surface area (Å²) in [5.41, 5.74) is 2.76. The average Bonchev–Trinajstić information content (AvgIpc) is 2.41. The molecule has 0 saturated carbocycles. The molecule has 0 unspecified atom stereocenters. The Morgan fingerprint density at radius 3 is 3.30 bits per heavy atom. The van der Waals surface area contributed by atoms with Crippen LogP contribution in [0, 0.1) is 0 Å². The normalized spacial score (nSPS) is 16.6. The van der Waals surface area contributed by atoms with Crippen molar-refractivity contribution >= 4 is 5.84 Å². The van der Waals surface area contributed by atoms with Gasteiger partial charge in [-0.3, -0.25) is 15.3 Å². The van der Waals surface area contributed by atoms with Gasteiger partial charge in [-0.25, -0.2) is 0 Å². The molecule has 56 valence electrons. The van der Waals surface area contributed by atoms with Gasteiger partial charge in [0.1, 0.15) is 5.84 Å². The Bertz CT molecular complexity index is 143. The van der Waals surface area contributed by atoms with Gasteiger partial charge in [0.15, 0.2) is 0 Å². The number of rotatable bonds is 3. The molecule has 1 aliphatic rings. The Balaban J connectivity index is 2.06. The molecule has 3 heteroatoms. The standard InChI is InChI=1S/C7H12N2O/c1-2-6-10-9-7-4-3-5-8-7/h2H,1,3-6H2,(H,8,9). The van der Waals surface area contributed by atoms with E-state index >= 15 is 0 Å². The Hall–Kier alpha value is -0.830. The molecular weight excluding hydrogens is 128 g/mol. The molecule has 0 aromatic rings. The molecular formula is C7H12N2O. The summed E-state index contributed by atoms with van der Waals surface area (Å²) in [5.74, 6) is 0.960. The van der Waals surface area contributed by atoms with Gasteiger partial charge in [-0.2, -0.15) is 0 Å². The minimum atomic E-state index is 0.527. The Morgan fingerprint density at radius 1 is 1.80 bits per heavy atom. The van der Waals surface area contributed by atoms with Crippen molar-refractivity contribution in [1.29, 1.82) is 0 Å². The third-order valence-electron chi connectivity index (χ3n) is 1.27. The van der Waals surface area contributed by atoms with E-state index in [4.69, 9.17) is 4.84 Å². The molecule has 1 heterocycles. The highest BCUT2D eigenvalue weighted by molar-refractivity contribution is 5.82. The molecule has 0 atom stereocenters. The van der Waals surface area contributed by atoms with Gasteiger partial charge in [-0.15, -0.1) is 6.58 Å². The summed E-state index contributed by atoms with van der Waals surface area (Å²) < 4.78 is 0. The van der Waals surface area contributed by atoms with Crippen LogP contribution >= 0.6 is 0 Å². The summed E-state index contributed by atoms with van der Waals surface area (Å²) in [6.07, 6.45) is 3.85. The minimum Gasteiger partial charge on any atom is -0.271 e. The summed E-state index contributed by atoms with van der Waals surface area (Å²) in [6, 6.07) is 0. The van der Waals surface area contributed by atoms with Crippen LogP contribution in [0.1, 0.15) is 12.8 Å². The first-order valence-electron chi connectivity index (χ1n) is 3.45. The zero-order valence-corrected chi connectivity index (χ0v) is 5.97. The number of hydrogen-bond acceptors (Lipinski definition) is 3. The van der Waals surface area contributed by atoms with E-state index in [1.54, 1.807) is 6.08 Å². The van der Waals surface area contributed by atoms with Crippen molar-refractivity contribution in [3.8, 4) is 0 Å². The number of aliphatic imine (C=N–C) groups is 1. The number of nitrogens with zero attached hydrogens (tertiary/aromatic N) is 1. The van der Waals surface area contributed by atoms with E-state index in [1.165, 1.54) is 0 Å². The van der Waals surface area contributed by atoms with E-state index in [9.17, 15) is 0 Å². The zero-order chi connectivity index (χ0) is 7.23. The topological polar surface area (TPSA) is 33.6 Å². The first-order valence-corrected chi connectivity index (χ1v) is 3.45. The second-order valence-electron chi connectivity index (χ2n) is 2.13. The van der Waals surface area contributed by atoms with Crippen LogP contribution in [0.25, 0.3) is 0 Å². The number of nitrogens with one attached hydrogen (secondary N) is 1. The Labute approximate surface area is 60.7 Å². The van der Waals surface area contributed by atoms with Crippen molar-refractivity contribution in [1.82, 2.24) is 5.48 Å². The molecule has 0 aromatic carbocycles. The van der Waals surface area contributed by atoms with Crippen molar-refractivity contribution in [2.75, 3.05) is 13.2 Å². The summed E-state index contributed by atoms with van der Waals surface area (Å²) >= 11 is 0. The van der Waals surface area contributed by atoms with Gasteiger partial charge in [0.25, 0.3) is 0 Å². The van der Waals surface area contributed by atoms with Crippen LogP contribution in [0.3, 0.4) is 0 Å². The molecule has 0 bridgehead atoms. The highest BCUT2D eigenvalue weighted by Gasteiger charge is 2.03. The van der Waals surface area contributed by atoms with E-state index < -0.39 is 0 Å². The molecule has 1 aliphatic heterocycles. The van der Waals surface area contributed by atoms with E-state index in [0.29, 0.717) is 6.61 Å². The average molecular weight is 140 g/mol. The second-order valence-corrected chi connectivity index (χ2v) is 2.13. The maximum absolute atomic E-state index is 4.97. The Morgan fingerprint density at radius 2 is 2.70 bits per heavy atom. The molecule has 0 aromatic heterocycles. The fourth-order valence-electron chi connectivity index (χ4n) is 0.807. The van der Waals surface area contributed by atoms with Crippen LogP contribution < -0.4 is 5.48 Å². The van der Waals surface area contributed by atoms with Crippen LogP contribution in [0.5, 0.6) is 0 Å². The molecule has 10 heavy (non-hydrogen) atoms. The van der Waals surface area contributed by atoms with E-state index in [-0.39, 0.29) is 0 Å². The first-order chi connectivity index (χ1) is 4.93. The fraction of sp³-hybridized carbons (Fsp3) is 0.571. The largest absolute Gasteiger partial charge is 0.271 e. The van der Waals surface area contributed by atoms with Crippen molar-refractivity contribution < 1.29 is 4.84 Å². The van der Waals surface area contributed by atoms with Gasteiger partial charge in [-0.05, 0) is 6.42 Å². The quantitative estimate of drug-likeness (QED) is 0.359. The predicted molar refractivity (Wildman–Crippen MR) is 40.8 cm³/mol. The maximum atomic E-state index is 4.97. The maximum Gasteiger partial charge on any atom is 0.120 e. The zero-order valence-electron chi connectivity index (χ0n) is 5.97. The minimum absolute atomic E-state index is 0.527. The van der Waals surface area contributed by atoms with Crippen LogP contribution in [0.2, 0.25) is 0 Å². The number of hydroxylamine groups is 1. The highest BCUT2D eigenvalue weighted by atomic mass is 16.6. The van der Waals surface area contributed by atoms with Gasteiger partial charge >= 0.3 is 0 Å². The van der Waals surface area contributed by atoms with E-state index in [1.807, 2.05) is 0 Å². The van der Waals surface area contributed by atoms with Crippen molar-refractivity contribution in [3.63, 3.8) is 0 Å². The van der Waals surface area contributed by atoms with Crippen molar-refractivity contribution in [3.05, 3.63) is 12.7 Å². The lowest BCUT2D eigenvalue weighted by atomic mass is 10.3. The van der Waals surface area contributed by atoms with Gasteiger partial charge in [0.2, 0.25) is 0 Å². The summed E-state index contributed by atoms with van der Waals surface area (Å²) in [5, 5.41) is 0. The van der Waals surface area contributed by atoms with E-state index in [0.717, 1.165) is 25.2 Å². The molecule has 0 radical (unpaired) electrons. The number of hydrogen-bond donors (Lipinski definition) is 1. The first kappa shape index (κ1) is 7.28. The summed E-state index contributed by atoms with van der Waals surface area (Å²) in [6.45, 7) is 4.98. The Kier molecular flexibility index (Phi) is 2.96. The lowest BCUT2D eigenvalue weighted by Crippen LogP contribution is -2.21. The lowest BCUT2D eigenvalue weighted by molar-refractivity contribution is 0.109. The van der Waals surface area contributed by atoms with Crippen LogP contribution in [-0.4, -0.2) is 19.0 Å². The molecule has 0 aliphatic carbocycles. The SMILES string of the molecule is C=CCONC1=NCCC1. The summed E-state index contributed by atoms with van der Waals surface area (Å²) in [4.78, 5) is 9.12. The van der Waals surface area contributed by atoms with Crippen LogP contribution in [0.15, 0.2) is 17.6 Å². The van der Waals surface area contributed by atoms with Gasteiger partial charge < -0.3 is 0 Å². The van der Waals surface area contributed by atoms with Crippen molar-refractivity contribution in [2.45, 2.75) is 12.8 Å². The summed E-state index contributed by atoms with van der Waals surface area (Å²) in [7, 11) is 0. The monoisotopic (exact) mass is 140 g/mol. The molecule has 0 amide bonds. The molecule has 0 saturated heterocycles. The fourth-order valence-corrected chi connectivity index (χ4v) is 0.807. The molecule has 0 fully saturated rings. The highest BCUT2D eigenvalue weighted by Crippen LogP contribution is 2.00. The molecule has 1 N–H and O–H groups in total. The van der Waals surface area contributed by atoms with Crippen LogP contribution in [0.4, 0.5) is 0 Å². The molecule has 0 spiro atoms. The molecule has 1 rings (SSSR count).